The highest BCUT2D eigenvalue weighted by atomic mass is 32.2. The molecule has 3 rings (SSSR count). The molecule has 3 aromatic rings. The third kappa shape index (κ3) is 7.07. The first-order valence-electron chi connectivity index (χ1n) is 10.0. The highest BCUT2D eigenvalue weighted by molar-refractivity contribution is 7.98. The van der Waals surface area contributed by atoms with Crippen LogP contribution in [-0.2, 0) is 16.1 Å². The van der Waals surface area contributed by atoms with Crippen molar-refractivity contribution in [2.45, 2.75) is 16.2 Å². The van der Waals surface area contributed by atoms with Crippen molar-refractivity contribution < 1.29 is 19.5 Å². The van der Waals surface area contributed by atoms with Gasteiger partial charge < -0.3 is 14.7 Å². The van der Waals surface area contributed by atoms with E-state index in [9.17, 15) is 4.79 Å². The minimum absolute atomic E-state index is 0.0357. The number of nitrogens with zero attached hydrogens (tertiary/aromatic N) is 1. The molecule has 0 bridgehead atoms. The van der Waals surface area contributed by atoms with E-state index in [1.807, 2.05) is 36.8 Å². The average Bonchev–Trinajstić information content (AvgIpc) is 2.81. The van der Waals surface area contributed by atoms with Crippen LogP contribution in [0.2, 0.25) is 0 Å². The van der Waals surface area contributed by atoms with E-state index in [0.717, 1.165) is 16.8 Å². The topological polar surface area (TPSA) is 68.1 Å². The second-order valence-corrected chi connectivity index (χ2v) is 8.56. The first-order chi connectivity index (χ1) is 15.6. The SMILES string of the molecule is CSc1ccc(C(=NOCCOc2cccc(CC(=O)O)c2)c2ccc(SC)cc2)cc1. The molecule has 0 aromatic heterocycles. The van der Waals surface area contributed by atoms with Crippen LogP contribution >= 0.6 is 23.5 Å². The molecule has 0 unspecified atom stereocenters. The molecule has 3 aromatic carbocycles. The second-order valence-electron chi connectivity index (χ2n) is 6.80. The highest BCUT2D eigenvalue weighted by Crippen LogP contribution is 2.20. The van der Waals surface area contributed by atoms with Crippen LogP contribution in [0.3, 0.4) is 0 Å². The Bertz CT molecular complexity index is 1000. The van der Waals surface area contributed by atoms with E-state index in [0.29, 0.717) is 17.9 Å². The monoisotopic (exact) mass is 467 g/mol. The molecule has 0 fully saturated rings. The maximum Gasteiger partial charge on any atom is 0.307 e. The van der Waals surface area contributed by atoms with E-state index < -0.39 is 5.97 Å². The van der Waals surface area contributed by atoms with Crippen molar-refractivity contribution in [2.75, 3.05) is 25.7 Å². The summed E-state index contributed by atoms with van der Waals surface area (Å²) in [7, 11) is 0. The fraction of sp³-hybridized carbons (Fsp3) is 0.200. The van der Waals surface area contributed by atoms with Crippen LogP contribution in [0.15, 0.2) is 87.7 Å². The van der Waals surface area contributed by atoms with Gasteiger partial charge in [-0.15, -0.1) is 23.5 Å². The Labute approximate surface area is 196 Å². The number of rotatable bonds is 11. The first kappa shape index (κ1) is 23.8. The van der Waals surface area contributed by atoms with Gasteiger partial charge in [0.2, 0.25) is 0 Å². The normalized spacial score (nSPS) is 10.4. The fourth-order valence-electron chi connectivity index (χ4n) is 3.00. The van der Waals surface area contributed by atoms with Crippen molar-refractivity contribution in [3.63, 3.8) is 0 Å². The Balaban J connectivity index is 1.66. The van der Waals surface area contributed by atoms with Gasteiger partial charge in [0.05, 0.1) is 6.42 Å². The predicted octanol–water partition coefficient (Wildman–Crippen LogP) is 5.61. The number of hydrogen-bond donors (Lipinski definition) is 1. The van der Waals surface area contributed by atoms with E-state index in [4.69, 9.17) is 14.7 Å². The minimum atomic E-state index is -0.872. The van der Waals surface area contributed by atoms with Gasteiger partial charge in [-0.25, -0.2) is 0 Å². The van der Waals surface area contributed by atoms with Crippen molar-refractivity contribution in [3.8, 4) is 5.75 Å². The summed E-state index contributed by atoms with van der Waals surface area (Å²) >= 11 is 3.39. The summed E-state index contributed by atoms with van der Waals surface area (Å²) in [6, 6.07) is 23.5. The van der Waals surface area contributed by atoms with Gasteiger partial charge in [0.15, 0.2) is 6.61 Å². The van der Waals surface area contributed by atoms with Crippen LogP contribution in [0, 0.1) is 0 Å². The van der Waals surface area contributed by atoms with Gasteiger partial charge in [0.25, 0.3) is 0 Å². The summed E-state index contributed by atoms with van der Waals surface area (Å²) in [6.45, 7) is 0.558. The van der Waals surface area contributed by atoms with Crippen LogP contribution in [0.5, 0.6) is 5.75 Å². The van der Waals surface area contributed by atoms with Gasteiger partial charge in [0, 0.05) is 20.9 Å². The Kier molecular flexibility index (Phi) is 9.07. The molecule has 0 heterocycles. The Morgan fingerprint density at radius 1 is 0.875 bits per heavy atom. The largest absolute Gasteiger partial charge is 0.490 e. The van der Waals surface area contributed by atoms with Crippen molar-refractivity contribution >= 4 is 35.2 Å². The number of carboxylic acids is 1. The number of benzene rings is 3. The maximum absolute atomic E-state index is 10.9. The van der Waals surface area contributed by atoms with Gasteiger partial charge in [-0.1, -0.05) is 41.6 Å². The first-order valence-corrected chi connectivity index (χ1v) is 12.5. The standard InChI is InChI=1S/C25H25NO4S2/c1-31-22-10-6-19(7-11-22)25(20-8-12-23(32-2)13-9-20)26-30-15-14-29-21-5-3-4-18(16-21)17-24(27)28/h3-13,16H,14-15,17H2,1-2H3,(H,27,28). The van der Waals surface area contributed by atoms with Crippen molar-refractivity contribution in [1.29, 1.82) is 0 Å². The molecular formula is C25H25NO4S2. The molecule has 0 aliphatic rings. The molecule has 0 aliphatic carbocycles. The van der Waals surface area contributed by atoms with E-state index in [1.54, 1.807) is 47.8 Å². The highest BCUT2D eigenvalue weighted by Gasteiger charge is 2.09. The molecule has 0 saturated heterocycles. The molecule has 166 valence electrons. The Morgan fingerprint density at radius 2 is 1.47 bits per heavy atom. The Morgan fingerprint density at radius 3 is 2.00 bits per heavy atom. The summed E-state index contributed by atoms with van der Waals surface area (Å²) in [4.78, 5) is 18.8. The summed E-state index contributed by atoms with van der Waals surface area (Å²) in [6.07, 6.45) is 4.06. The van der Waals surface area contributed by atoms with Crippen molar-refractivity contribution in [1.82, 2.24) is 0 Å². The number of carbonyl (C=O) groups is 1. The van der Waals surface area contributed by atoms with E-state index >= 15 is 0 Å². The molecule has 7 heteroatoms. The number of ether oxygens (including phenoxy) is 1. The molecule has 1 N–H and O–H groups in total. The van der Waals surface area contributed by atoms with E-state index in [1.165, 1.54) is 9.79 Å². The number of carboxylic acid groups (broad SMARTS) is 1. The number of oxime groups is 1. The number of aliphatic carboxylic acids is 1. The van der Waals surface area contributed by atoms with Crippen molar-refractivity contribution in [2.24, 2.45) is 5.16 Å². The molecule has 0 amide bonds. The molecule has 0 aliphatic heterocycles. The van der Waals surface area contributed by atoms with E-state index in [2.05, 4.69) is 29.4 Å². The van der Waals surface area contributed by atoms with Crippen LogP contribution in [0.25, 0.3) is 0 Å². The molecule has 32 heavy (non-hydrogen) atoms. The predicted molar refractivity (Wildman–Crippen MR) is 131 cm³/mol. The van der Waals surface area contributed by atoms with E-state index in [-0.39, 0.29) is 13.0 Å². The maximum atomic E-state index is 10.9. The second kappa shape index (κ2) is 12.2. The summed E-state index contributed by atoms with van der Waals surface area (Å²) in [5, 5.41) is 13.3. The summed E-state index contributed by atoms with van der Waals surface area (Å²) in [5.41, 5.74) is 3.40. The molecule has 0 spiro atoms. The third-order valence-electron chi connectivity index (χ3n) is 4.58. The van der Waals surface area contributed by atoms with Crippen LogP contribution in [0.4, 0.5) is 0 Å². The molecule has 0 atom stereocenters. The molecule has 5 nitrogen and oxygen atoms in total. The smallest absolute Gasteiger partial charge is 0.307 e. The van der Waals surface area contributed by atoms with Crippen molar-refractivity contribution in [3.05, 3.63) is 89.5 Å². The van der Waals surface area contributed by atoms with Crippen LogP contribution in [-0.4, -0.2) is 42.5 Å². The lowest BCUT2D eigenvalue weighted by molar-refractivity contribution is -0.136. The summed E-state index contributed by atoms with van der Waals surface area (Å²) < 4.78 is 5.69. The third-order valence-corrected chi connectivity index (χ3v) is 6.07. The number of hydrogen-bond acceptors (Lipinski definition) is 6. The fourth-order valence-corrected chi connectivity index (χ4v) is 3.81. The molecule has 0 saturated carbocycles. The Hall–Kier alpha value is -2.90. The number of thioether (sulfide) groups is 2. The zero-order chi connectivity index (χ0) is 22.8. The quantitative estimate of drug-likeness (QED) is 0.171. The molecular weight excluding hydrogens is 442 g/mol. The van der Waals surface area contributed by atoms with Gasteiger partial charge in [-0.2, -0.15) is 0 Å². The lowest BCUT2D eigenvalue weighted by atomic mass is 10.0. The van der Waals surface area contributed by atoms with Gasteiger partial charge in [-0.3, -0.25) is 4.79 Å². The van der Waals surface area contributed by atoms with Gasteiger partial charge in [-0.05, 0) is 54.5 Å². The zero-order valence-corrected chi connectivity index (χ0v) is 19.6. The zero-order valence-electron chi connectivity index (χ0n) is 18.0. The lowest BCUT2D eigenvalue weighted by Gasteiger charge is -2.10. The molecule has 0 radical (unpaired) electrons. The lowest BCUT2D eigenvalue weighted by Crippen LogP contribution is -2.08. The van der Waals surface area contributed by atoms with Gasteiger partial charge in [0.1, 0.15) is 18.1 Å². The average molecular weight is 468 g/mol. The van der Waals surface area contributed by atoms with Gasteiger partial charge >= 0.3 is 5.97 Å². The van der Waals surface area contributed by atoms with Crippen LogP contribution in [0.1, 0.15) is 16.7 Å². The minimum Gasteiger partial charge on any atom is -0.490 e. The van der Waals surface area contributed by atoms with Crippen LogP contribution < -0.4 is 4.74 Å². The summed E-state index contributed by atoms with van der Waals surface area (Å²) in [5.74, 6) is -0.264.